The van der Waals surface area contributed by atoms with Gasteiger partial charge in [0.15, 0.2) is 18.7 Å². The van der Waals surface area contributed by atoms with Gasteiger partial charge in [-0.3, -0.25) is 43.7 Å². The van der Waals surface area contributed by atoms with E-state index in [1.165, 1.54) is 154 Å². The zero-order valence-electron chi connectivity index (χ0n) is 79.2. The fourth-order valence-electron chi connectivity index (χ4n) is 15.1. The first-order valence-corrected chi connectivity index (χ1v) is 65.9. The third kappa shape index (κ3) is 36.9. The van der Waals surface area contributed by atoms with Crippen LogP contribution in [0.5, 0.6) is 0 Å². The SMILES string of the molecule is CCC[CH2][Sn]([CH2]CCC)([CH2]CCC)[O][Sn]([CH2]CCC)([CH2]CCC)[CH2]CCC.Cc1c(N)nc([C@H](CC(N)=O)NC[C@H](N)C(N)=O)nc1C(=O)N[C@H](C(=O)N[C@H](C)[C@@H](O)[C@H](C)C(=O)N[C@H](C(=O)NCCc1nc(-c2nc(C(=O)NCCC[S+](C)C)cs2)cs1)[C@@H](C)O)[C@@H](O[C@@H]1O[C@@H](CO)[C@@H](O)[C@H](O)[C@@H]1O[C@H]1O[C@H](CO)[C@@H](O)[C@H](OC(N)=O)[C@@H]1O)c1cnc[nH]1.O=[N+]([O-])c1c(Cl)c(Cl)c(Cl)c(Cl)c1Cl. The second-order valence-corrected chi connectivity index (χ2v) is 66.7. The Hall–Kier alpha value is -5.67. The maximum atomic E-state index is 15.2. The number of amides is 8. The van der Waals surface area contributed by atoms with Crippen molar-refractivity contribution < 1.29 is 109 Å². The second kappa shape index (κ2) is 60.8. The van der Waals surface area contributed by atoms with E-state index in [4.69, 9.17) is 112 Å². The number of unbranched alkanes of at least 4 members (excludes halogenated alkanes) is 6. The normalized spacial score (nSPS) is 20.4. The van der Waals surface area contributed by atoms with Gasteiger partial charge >= 0.3 is 196 Å². The summed E-state index contributed by atoms with van der Waals surface area (Å²) >= 11 is 25.5. The van der Waals surface area contributed by atoms with Crippen LogP contribution in [0.2, 0.25) is 51.7 Å². The van der Waals surface area contributed by atoms with Crippen LogP contribution in [-0.4, -0.2) is 310 Å². The molecule has 772 valence electrons. The zero-order valence-corrected chi connectivity index (χ0v) is 91.1. The van der Waals surface area contributed by atoms with Gasteiger partial charge in [0.05, 0.1) is 105 Å². The van der Waals surface area contributed by atoms with Crippen molar-refractivity contribution in [1.29, 1.82) is 0 Å². The topological polar surface area (TPSA) is 679 Å². The molecule has 4 aromatic heterocycles. The Morgan fingerprint density at radius 2 is 1.20 bits per heavy atom. The number of anilines is 1. The molecule has 0 unspecified atom stereocenters. The molecule has 1 aromatic carbocycles. The Labute approximate surface area is 842 Å². The van der Waals surface area contributed by atoms with Gasteiger partial charge in [-0.2, -0.15) is 0 Å². The quantitative estimate of drug-likeness (QED) is 0.00360. The molecule has 0 bridgehead atoms. The monoisotopic (exact) mass is 2310 g/mol. The molecule has 2 saturated heterocycles. The third-order valence-electron chi connectivity index (χ3n) is 23.0. The van der Waals surface area contributed by atoms with Crippen molar-refractivity contribution in [3.63, 3.8) is 0 Å². The van der Waals surface area contributed by atoms with Gasteiger partial charge in [-0.25, -0.2) is 29.7 Å². The van der Waals surface area contributed by atoms with Gasteiger partial charge in [0.1, 0.15) is 110 Å². The van der Waals surface area contributed by atoms with E-state index in [0.29, 0.717) is 22.3 Å². The smallest absolute Gasteiger partial charge is 0.404 e. The van der Waals surface area contributed by atoms with E-state index in [1.807, 2.05) is 0 Å². The number of primary amides is 3. The minimum Gasteiger partial charge on any atom is -0.441 e. The maximum absolute atomic E-state index is 15.2. The van der Waals surface area contributed by atoms with Crippen molar-refractivity contribution in [2.24, 2.45) is 28.9 Å². The Balaban J connectivity index is 0.000000661. The molecule has 2 fully saturated rings. The van der Waals surface area contributed by atoms with Gasteiger partial charge in [-0.1, -0.05) is 64.9 Å². The van der Waals surface area contributed by atoms with Crippen LogP contribution in [0.3, 0.4) is 0 Å². The number of benzene rings is 1. The number of aliphatic hydroxyl groups is 8. The average Bonchev–Trinajstić information content (AvgIpc) is 1.48. The Bertz CT molecular complexity index is 4550. The zero-order chi connectivity index (χ0) is 102. The largest absolute Gasteiger partial charge is 0.441 e. The van der Waals surface area contributed by atoms with Crippen molar-refractivity contribution in [1.82, 2.24) is 61.8 Å². The van der Waals surface area contributed by atoms with Crippen molar-refractivity contribution in [2.75, 3.05) is 56.8 Å². The van der Waals surface area contributed by atoms with Gasteiger partial charge in [0.25, 0.3) is 11.8 Å². The van der Waals surface area contributed by atoms with E-state index >= 15 is 4.79 Å². The molecule has 6 heterocycles. The van der Waals surface area contributed by atoms with E-state index in [0.717, 1.165) is 24.7 Å². The number of aromatic amines is 1. The summed E-state index contributed by atoms with van der Waals surface area (Å²) in [6.45, 7) is 17.5. The van der Waals surface area contributed by atoms with E-state index in [9.17, 15) is 84.5 Å². The molecule has 0 aliphatic carbocycles. The van der Waals surface area contributed by atoms with Gasteiger partial charge < -0.3 is 130 Å². The van der Waals surface area contributed by atoms with Crippen molar-refractivity contribution >= 4 is 188 Å². The number of nitrogens with zero attached hydrogens (tertiary/aromatic N) is 6. The number of thiazole rings is 2. The number of nitrogens with two attached hydrogens (primary N) is 5. The number of hydrogen-bond donors (Lipinski definition) is 20. The summed E-state index contributed by atoms with van der Waals surface area (Å²) < 4.78 is 45.8. The summed E-state index contributed by atoms with van der Waals surface area (Å²) in [7, 11) is 0.254. The Morgan fingerprint density at radius 1 is 0.657 bits per heavy atom. The summed E-state index contributed by atoms with van der Waals surface area (Å²) in [4.78, 5) is 140. The Morgan fingerprint density at radius 3 is 1.70 bits per heavy atom. The number of nitrogen functional groups attached to an aromatic ring is 1. The summed E-state index contributed by atoms with van der Waals surface area (Å²) in [6, 6.07) is -7.85. The second-order valence-electron chi connectivity index (χ2n) is 34.1. The molecule has 5 aromatic rings. The fourth-order valence-corrected chi connectivity index (χ4v) is 73.7. The number of carbonyl (C=O) groups excluding carboxylic acids is 8. The minimum absolute atomic E-state index is 0.00498. The van der Waals surface area contributed by atoms with Crippen LogP contribution < -0.4 is 60.6 Å². The predicted octanol–water partition coefficient (Wildman–Crippen LogP) is 6.85. The molecule has 2 aliphatic rings. The summed E-state index contributed by atoms with van der Waals surface area (Å²) in [5, 5.41) is 118. The minimum atomic E-state index is -2.46. The van der Waals surface area contributed by atoms with Crippen LogP contribution in [0.4, 0.5) is 16.3 Å². The number of rotatable bonds is 56. The summed E-state index contributed by atoms with van der Waals surface area (Å²) in [5.41, 5.74) is 27.5. The Kier molecular flexibility index (Phi) is 54.1. The van der Waals surface area contributed by atoms with Crippen molar-refractivity contribution in [3.05, 3.63) is 92.0 Å². The predicted molar refractivity (Wildman–Crippen MR) is 528 cm³/mol. The van der Waals surface area contributed by atoms with E-state index in [2.05, 4.69) is 116 Å². The van der Waals surface area contributed by atoms with Crippen LogP contribution in [-0.2, 0) is 66.4 Å². The van der Waals surface area contributed by atoms with E-state index in [1.54, 1.807) is 10.8 Å². The first-order chi connectivity index (χ1) is 64.8. The van der Waals surface area contributed by atoms with Crippen LogP contribution >= 0.6 is 80.7 Å². The van der Waals surface area contributed by atoms with Crippen LogP contribution in [0.1, 0.15) is 207 Å². The number of nitrogens with one attached hydrogen (secondary N) is 7. The average molecular weight is 2310 g/mol. The van der Waals surface area contributed by atoms with Crippen LogP contribution in [0.15, 0.2) is 23.3 Å². The number of nitro benzene ring substituents is 1. The number of hydrogen-bond acceptors (Lipinski definition) is 34. The summed E-state index contributed by atoms with van der Waals surface area (Å²) in [5.74, 6) is -7.69. The number of H-pyrrole nitrogens is 1. The first-order valence-electron chi connectivity index (χ1n) is 45.6. The maximum Gasteiger partial charge on any atom is 0.404 e. The molecule has 0 spiro atoms. The van der Waals surface area contributed by atoms with Crippen molar-refractivity contribution in [2.45, 2.75) is 302 Å². The number of aliphatic hydroxyl groups excluding tert-OH is 8. The number of carbonyl (C=O) groups is 8. The number of aromatic nitrogens is 6. The number of halogens is 5. The molecule has 25 N–H and O–H groups in total. The van der Waals surface area contributed by atoms with Crippen molar-refractivity contribution in [3.8, 4) is 10.7 Å². The van der Waals surface area contributed by atoms with E-state index in [-0.39, 0.29) is 90.0 Å². The molecule has 42 nitrogen and oxygen atoms in total. The van der Waals surface area contributed by atoms with Gasteiger partial charge in [0.2, 0.25) is 29.5 Å². The summed E-state index contributed by atoms with van der Waals surface area (Å²) in [6.07, 6.45) is -3.14. The molecular weight excluding hydrogens is 2170 g/mol. The molecule has 19 atom stereocenters. The number of ether oxygens (including phenoxy) is 5. The van der Waals surface area contributed by atoms with Crippen LogP contribution in [0, 0.1) is 23.0 Å². The first kappa shape index (κ1) is 122. The molecule has 0 saturated carbocycles. The molecular formula is C85H138Cl5N18O24S3Sn2+. The van der Waals surface area contributed by atoms with Gasteiger partial charge in [0, 0.05) is 55.2 Å². The molecule has 52 heteroatoms. The molecule has 0 radical (unpaired) electrons. The molecule has 7 rings (SSSR count). The number of nitro groups is 1. The fraction of sp³-hybridized carbons (Fsp3) is 0.682. The molecule has 8 amide bonds. The number of imidazole rings is 1. The van der Waals surface area contributed by atoms with Gasteiger partial charge in [-0.05, 0) is 31.7 Å². The third-order valence-corrected chi connectivity index (χ3v) is 68.8. The standard InChI is InChI=1S/C55H83N17O21S3.C6Cl5NO2.6C4H9.O.2Sn/c1-20-33(69-46(72-44(20)58)25(12-31(57)76)64-13-24(56)45(59)82)50(86)71-35(41(26-14-61-19-65-26)91-54-43(39(80)37(78)29(15-73)90-54)92-53-40(81)42(93-55(60)88)38(79)30(16-74)89-53)51(87)66-22(3)36(77)21(2)47(83)70-34(23(4)75)49(85)63-10-8-32-67-28(18-94-32)52-68-27(17-95-52)48(84)62-9-7-11-96(5)6;7-1-2(8)4(10)6(12(13)14)5(11)3(1)9;6*1-3-4-2;;;/h14,17-19,21-25,29-30,34-43,53-54,64,73-75,77-81H,7-13,15-16,56H2,1-6H3,(H13-,57,58,59,60,61,62,63,65,66,69,70,71,72,76,82,83,84,85,86,87,88);;6*1,3-4H2,2H3;;;/p+1/t21-,22+,23+,24-,25-,29-,30+,34-,35-,36-,37+,38+,39-,40-,41-,42-,43-,53+,54-;;;;;;;;;;/m0........../s1. The molecule has 2 aliphatic heterocycles. The van der Waals surface area contributed by atoms with Crippen LogP contribution in [0.25, 0.3) is 10.7 Å². The van der Waals surface area contributed by atoms with E-state index < -0.39 is 231 Å². The van der Waals surface area contributed by atoms with Gasteiger partial charge in [-0.15, -0.1) is 22.7 Å². The molecule has 137 heavy (non-hydrogen) atoms.